The molecule has 118 valence electrons. The summed E-state index contributed by atoms with van der Waals surface area (Å²) >= 11 is 0. The second kappa shape index (κ2) is 7.52. The number of amides is 1. The summed E-state index contributed by atoms with van der Waals surface area (Å²) in [6.45, 7) is 4.63. The summed E-state index contributed by atoms with van der Waals surface area (Å²) < 4.78 is 10.7. The Labute approximate surface area is 132 Å². The summed E-state index contributed by atoms with van der Waals surface area (Å²) in [6, 6.07) is 6.01. The lowest BCUT2D eigenvalue weighted by Gasteiger charge is -2.25. The van der Waals surface area contributed by atoms with Crippen LogP contribution in [0.3, 0.4) is 0 Å². The Bertz CT molecular complexity index is 492. The second-order valence-electron chi connectivity index (χ2n) is 5.49. The highest BCUT2D eigenvalue weighted by molar-refractivity contribution is 5.85. The number of hydrogen-bond acceptors (Lipinski definition) is 4. The number of benzene rings is 1. The molecule has 1 unspecified atom stereocenters. The maximum Gasteiger partial charge on any atom is 0.231 e. The molecule has 1 aliphatic rings. The van der Waals surface area contributed by atoms with Crippen LogP contribution < -0.4 is 14.8 Å². The predicted molar refractivity (Wildman–Crippen MR) is 84.1 cm³/mol. The average Bonchev–Trinajstić information content (AvgIpc) is 2.85. The quantitative estimate of drug-likeness (QED) is 0.905. The van der Waals surface area contributed by atoms with Crippen molar-refractivity contribution < 1.29 is 14.3 Å². The van der Waals surface area contributed by atoms with Crippen LogP contribution in [-0.2, 0) is 4.79 Å². The smallest absolute Gasteiger partial charge is 0.231 e. The van der Waals surface area contributed by atoms with E-state index in [1.165, 1.54) is 0 Å². The van der Waals surface area contributed by atoms with Crippen molar-refractivity contribution in [2.45, 2.75) is 19.9 Å². The van der Waals surface area contributed by atoms with Crippen LogP contribution in [0.4, 0.5) is 0 Å². The molecule has 0 aromatic heterocycles. The third-order valence-electron chi connectivity index (χ3n) is 3.40. The van der Waals surface area contributed by atoms with Gasteiger partial charge in [0.1, 0.15) is 0 Å². The first-order chi connectivity index (χ1) is 9.49. The number of rotatable bonds is 5. The normalized spacial score (nSPS) is 14.0. The number of fused-ring (bicyclic) bond motifs is 1. The summed E-state index contributed by atoms with van der Waals surface area (Å²) in [4.78, 5) is 13.8. The first kappa shape index (κ1) is 17.6. The Morgan fingerprint density at radius 2 is 1.95 bits per heavy atom. The molecule has 0 spiro atoms. The zero-order valence-corrected chi connectivity index (χ0v) is 13.7. The topological polar surface area (TPSA) is 50.8 Å². The van der Waals surface area contributed by atoms with Gasteiger partial charge in [0, 0.05) is 12.5 Å². The van der Waals surface area contributed by atoms with E-state index >= 15 is 0 Å². The number of halogens is 1. The molecular formula is C15H23ClN2O3. The minimum Gasteiger partial charge on any atom is -0.454 e. The van der Waals surface area contributed by atoms with Gasteiger partial charge < -0.3 is 19.7 Å². The van der Waals surface area contributed by atoms with Crippen molar-refractivity contribution in [1.29, 1.82) is 0 Å². The lowest BCUT2D eigenvalue weighted by Crippen LogP contribution is -2.36. The van der Waals surface area contributed by atoms with Crippen LogP contribution in [0, 0.1) is 5.92 Å². The van der Waals surface area contributed by atoms with Crippen LogP contribution in [0.5, 0.6) is 11.5 Å². The predicted octanol–water partition coefficient (Wildman–Crippen LogP) is 2.21. The summed E-state index contributed by atoms with van der Waals surface area (Å²) in [6.07, 6.45) is 0. The van der Waals surface area contributed by atoms with E-state index < -0.39 is 0 Å². The molecule has 0 saturated carbocycles. The highest BCUT2D eigenvalue weighted by Gasteiger charge is 2.20. The Balaban J connectivity index is 0.00000220. The zero-order valence-electron chi connectivity index (χ0n) is 12.9. The van der Waals surface area contributed by atoms with Crippen molar-refractivity contribution >= 4 is 18.3 Å². The molecule has 1 amide bonds. The Kier molecular flexibility index (Phi) is 6.30. The molecule has 5 nitrogen and oxygen atoms in total. The third-order valence-corrected chi connectivity index (χ3v) is 3.40. The van der Waals surface area contributed by atoms with E-state index in [9.17, 15) is 4.79 Å². The van der Waals surface area contributed by atoms with Crippen molar-refractivity contribution in [2.24, 2.45) is 5.92 Å². The summed E-state index contributed by atoms with van der Waals surface area (Å²) in [7, 11) is 3.99. The van der Waals surface area contributed by atoms with E-state index in [4.69, 9.17) is 9.47 Å². The molecule has 1 aromatic rings. The monoisotopic (exact) mass is 314 g/mol. The van der Waals surface area contributed by atoms with E-state index in [2.05, 4.69) is 10.2 Å². The van der Waals surface area contributed by atoms with E-state index in [0.717, 1.165) is 17.1 Å². The Hall–Kier alpha value is -1.46. The van der Waals surface area contributed by atoms with Gasteiger partial charge in [0.2, 0.25) is 12.7 Å². The molecule has 0 saturated heterocycles. The van der Waals surface area contributed by atoms with Crippen LogP contribution in [0.2, 0.25) is 0 Å². The SMILES string of the molecule is CC(C)C(=O)NCC(c1ccc2c(c1)OCO2)N(C)C.Cl. The van der Waals surface area contributed by atoms with Gasteiger partial charge in [-0.3, -0.25) is 4.79 Å². The number of nitrogens with zero attached hydrogens (tertiary/aromatic N) is 1. The molecule has 0 radical (unpaired) electrons. The minimum atomic E-state index is -0.00503. The number of nitrogens with one attached hydrogen (secondary N) is 1. The highest BCUT2D eigenvalue weighted by atomic mass is 35.5. The maximum absolute atomic E-state index is 11.7. The van der Waals surface area contributed by atoms with E-state index in [-0.39, 0.29) is 37.1 Å². The lowest BCUT2D eigenvalue weighted by atomic mass is 10.0. The van der Waals surface area contributed by atoms with Gasteiger partial charge in [0.05, 0.1) is 6.04 Å². The highest BCUT2D eigenvalue weighted by Crippen LogP contribution is 2.34. The molecule has 21 heavy (non-hydrogen) atoms. The largest absolute Gasteiger partial charge is 0.454 e. The number of likely N-dealkylation sites (N-methyl/N-ethyl adjacent to an activating group) is 1. The summed E-state index contributed by atoms with van der Waals surface area (Å²) in [5.41, 5.74) is 1.10. The van der Waals surface area contributed by atoms with E-state index in [0.29, 0.717) is 6.54 Å². The van der Waals surface area contributed by atoms with Crippen LogP contribution in [0.25, 0.3) is 0 Å². The lowest BCUT2D eigenvalue weighted by molar-refractivity contribution is -0.124. The third kappa shape index (κ3) is 4.25. The van der Waals surface area contributed by atoms with Gasteiger partial charge >= 0.3 is 0 Å². The number of ether oxygens (including phenoxy) is 2. The van der Waals surface area contributed by atoms with Crippen molar-refractivity contribution in [3.63, 3.8) is 0 Å². The van der Waals surface area contributed by atoms with Crippen molar-refractivity contribution in [3.8, 4) is 11.5 Å². The molecule has 1 N–H and O–H groups in total. The fourth-order valence-corrected chi connectivity index (χ4v) is 2.12. The number of carbonyl (C=O) groups excluding carboxylic acids is 1. The van der Waals surface area contributed by atoms with Crippen molar-refractivity contribution in [3.05, 3.63) is 23.8 Å². The molecule has 6 heteroatoms. The molecule has 1 atom stereocenters. The van der Waals surface area contributed by atoms with Crippen molar-refractivity contribution in [2.75, 3.05) is 27.4 Å². The van der Waals surface area contributed by atoms with Crippen LogP contribution in [-0.4, -0.2) is 38.2 Å². The van der Waals surface area contributed by atoms with Gasteiger partial charge in [0.15, 0.2) is 11.5 Å². The molecular weight excluding hydrogens is 292 g/mol. The standard InChI is InChI=1S/C15H22N2O3.ClH/c1-10(2)15(18)16-8-12(17(3)4)11-5-6-13-14(7-11)20-9-19-13;/h5-7,10,12H,8-9H2,1-4H3,(H,16,18);1H. The molecule has 0 bridgehead atoms. The summed E-state index contributed by atoms with van der Waals surface area (Å²) in [5, 5.41) is 2.98. The van der Waals surface area contributed by atoms with Gasteiger partial charge in [-0.25, -0.2) is 0 Å². The fourth-order valence-electron chi connectivity index (χ4n) is 2.12. The van der Waals surface area contributed by atoms with E-state index in [1.807, 2.05) is 46.1 Å². The molecule has 1 aromatic carbocycles. The first-order valence-corrected chi connectivity index (χ1v) is 6.82. The Morgan fingerprint density at radius 1 is 1.29 bits per heavy atom. The minimum absolute atomic E-state index is 0. The Morgan fingerprint density at radius 3 is 2.57 bits per heavy atom. The van der Waals surface area contributed by atoms with Gasteiger partial charge in [0.25, 0.3) is 0 Å². The molecule has 0 aliphatic carbocycles. The summed E-state index contributed by atoms with van der Waals surface area (Å²) in [5.74, 6) is 1.61. The second-order valence-corrected chi connectivity index (χ2v) is 5.49. The van der Waals surface area contributed by atoms with Crippen molar-refractivity contribution in [1.82, 2.24) is 10.2 Å². The van der Waals surface area contributed by atoms with Crippen LogP contribution in [0.1, 0.15) is 25.5 Å². The van der Waals surface area contributed by atoms with Crippen LogP contribution >= 0.6 is 12.4 Å². The van der Waals surface area contributed by atoms with Gasteiger partial charge in [-0.1, -0.05) is 19.9 Å². The number of hydrogen-bond donors (Lipinski definition) is 1. The average molecular weight is 315 g/mol. The molecule has 1 aliphatic heterocycles. The first-order valence-electron chi connectivity index (χ1n) is 6.82. The van der Waals surface area contributed by atoms with E-state index in [1.54, 1.807) is 0 Å². The molecule has 2 rings (SSSR count). The molecule has 1 heterocycles. The molecule has 0 fully saturated rings. The maximum atomic E-state index is 11.7. The van der Waals surface area contributed by atoms with Gasteiger partial charge in [-0.2, -0.15) is 0 Å². The van der Waals surface area contributed by atoms with Gasteiger partial charge in [-0.15, -0.1) is 12.4 Å². The van der Waals surface area contributed by atoms with Crippen LogP contribution in [0.15, 0.2) is 18.2 Å². The zero-order chi connectivity index (χ0) is 14.7. The number of carbonyl (C=O) groups is 1. The van der Waals surface area contributed by atoms with Gasteiger partial charge in [-0.05, 0) is 31.8 Å². The fraction of sp³-hybridized carbons (Fsp3) is 0.533.